The van der Waals surface area contributed by atoms with Crippen molar-refractivity contribution in [2.45, 2.75) is 6.92 Å². The van der Waals surface area contributed by atoms with Crippen molar-refractivity contribution in [1.82, 2.24) is 0 Å². The molecule has 0 saturated carbocycles. The van der Waals surface area contributed by atoms with Crippen LogP contribution in [0.15, 0.2) is 76.3 Å². The minimum Gasteiger partial charge on any atom is -0.489 e. The van der Waals surface area contributed by atoms with Crippen LogP contribution in [0.25, 0.3) is 6.08 Å². The van der Waals surface area contributed by atoms with Gasteiger partial charge in [-0.3, -0.25) is 4.79 Å². The Hall–Kier alpha value is -2.66. The van der Waals surface area contributed by atoms with Gasteiger partial charge in [0.05, 0.1) is 17.0 Å². The lowest BCUT2D eigenvalue weighted by Crippen LogP contribution is -2.21. The number of hydrogen-bond donors (Lipinski definition) is 0. The molecular weight excluding hydrogens is 380 g/mol. The average Bonchev–Trinajstić information content (AvgIpc) is 2.90. The minimum absolute atomic E-state index is 0.154. The Labute approximate surface area is 155 Å². The van der Waals surface area contributed by atoms with Gasteiger partial charge in [-0.1, -0.05) is 46.8 Å². The molecule has 1 aliphatic heterocycles. The number of carbonyl (C=O) groups excluding carboxylic acids is 1. The van der Waals surface area contributed by atoms with Crippen molar-refractivity contribution in [3.8, 4) is 5.75 Å². The zero-order chi connectivity index (χ0) is 17.8. The molecule has 0 spiro atoms. The van der Waals surface area contributed by atoms with Crippen molar-refractivity contribution in [2.24, 2.45) is 5.10 Å². The molecule has 0 radical (unpaired) electrons. The zero-order valence-corrected chi connectivity index (χ0v) is 15.4. The summed E-state index contributed by atoms with van der Waals surface area (Å²) in [5.41, 5.74) is 2.79. The SMILES string of the molecule is C=CCOc1ccccc1/C=C1/C(=O)N(c2ccc(Br)cc2)N=C1C. The van der Waals surface area contributed by atoms with E-state index in [2.05, 4.69) is 27.6 Å². The van der Waals surface area contributed by atoms with E-state index >= 15 is 0 Å². The van der Waals surface area contributed by atoms with Gasteiger partial charge in [0.15, 0.2) is 0 Å². The Balaban J connectivity index is 1.92. The number of nitrogens with zero attached hydrogens (tertiary/aromatic N) is 2. The molecule has 2 aromatic carbocycles. The van der Waals surface area contributed by atoms with Gasteiger partial charge in [-0.15, -0.1) is 0 Å². The van der Waals surface area contributed by atoms with Gasteiger partial charge in [-0.05, 0) is 43.3 Å². The fourth-order valence-corrected chi connectivity index (χ4v) is 2.74. The molecule has 1 amide bonds. The Morgan fingerprint density at radius 3 is 2.64 bits per heavy atom. The summed E-state index contributed by atoms with van der Waals surface area (Å²) in [4.78, 5) is 12.8. The average molecular weight is 397 g/mol. The quantitative estimate of drug-likeness (QED) is 0.536. The van der Waals surface area contributed by atoms with E-state index in [4.69, 9.17) is 4.74 Å². The molecule has 0 fully saturated rings. The smallest absolute Gasteiger partial charge is 0.280 e. The number of benzene rings is 2. The number of hydrogen-bond acceptors (Lipinski definition) is 3. The molecule has 0 N–H and O–H groups in total. The topological polar surface area (TPSA) is 41.9 Å². The lowest BCUT2D eigenvalue weighted by atomic mass is 10.1. The number of ether oxygens (including phenoxy) is 1. The first-order valence-corrected chi connectivity index (χ1v) is 8.59. The second kappa shape index (κ2) is 7.49. The van der Waals surface area contributed by atoms with Crippen molar-refractivity contribution >= 4 is 39.3 Å². The summed E-state index contributed by atoms with van der Waals surface area (Å²) in [6.07, 6.45) is 3.51. The number of rotatable bonds is 5. The van der Waals surface area contributed by atoms with Gasteiger partial charge in [0.2, 0.25) is 0 Å². The van der Waals surface area contributed by atoms with Gasteiger partial charge in [0, 0.05) is 10.0 Å². The maximum atomic E-state index is 12.8. The molecule has 0 saturated heterocycles. The number of amides is 1. The van der Waals surface area contributed by atoms with E-state index in [9.17, 15) is 4.79 Å². The first-order valence-electron chi connectivity index (χ1n) is 7.80. The summed E-state index contributed by atoms with van der Waals surface area (Å²) in [6, 6.07) is 15.0. The number of anilines is 1. The molecule has 1 aliphatic rings. The van der Waals surface area contributed by atoms with E-state index in [0.717, 1.165) is 15.7 Å². The molecule has 5 heteroatoms. The van der Waals surface area contributed by atoms with Crippen LogP contribution in [0.3, 0.4) is 0 Å². The summed E-state index contributed by atoms with van der Waals surface area (Å²) in [5, 5.41) is 5.82. The Morgan fingerprint density at radius 1 is 1.20 bits per heavy atom. The molecule has 0 aliphatic carbocycles. The predicted molar refractivity (Wildman–Crippen MR) is 105 cm³/mol. The molecule has 0 aromatic heterocycles. The molecule has 3 rings (SSSR count). The van der Waals surface area contributed by atoms with Crippen LogP contribution in [0, 0.1) is 0 Å². The first kappa shape index (κ1) is 17.2. The molecule has 0 unspecified atom stereocenters. The Kier molecular flexibility index (Phi) is 5.14. The molecule has 25 heavy (non-hydrogen) atoms. The van der Waals surface area contributed by atoms with Crippen molar-refractivity contribution in [2.75, 3.05) is 11.6 Å². The van der Waals surface area contributed by atoms with Gasteiger partial charge in [-0.25, -0.2) is 0 Å². The third-order valence-electron chi connectivity index (χ3n) is 3.71. The predicted octanol–water partition coefficient (Wildman–Crippen LogP) is 4.82. The fraction of sp³-hybridized carbons (Fsp3) is 0.100. The minimum atomic E-state index is -0.154. The van der Waals surface area contributed by atoms with Crippen LogP contribution in [0.1, 0.15) is 12.5 Å². The molecule has 1 heterocycles. The van der Waals surface area contributed by atoms with Crippen LogP contribution in [0.4, 0.5) is 5.69 Å². The van der Waals surface area contributed by atoms with E-state index in [-0.39, 0.29) is 5.91 Å². The standard InChI is InChI=1S/C20H17BrN2O2/c1-3-12-25-19-7-5-4-6-15(19)13-18-14(2)22-23(20(18)24)17-10-8-16(21)9-11-17/h3-11,13H,1,12H2,2H3/b18-13+. The highest BCUT2D eigenvalue weighted by atomic mass is 79.9. The normalized spacial score (nSPS) is 15.4. The van der Waals surface area contributed by atoms with E-state index in [0.29, 0.717) is 23.6 Å². The molecule has 2 aromatic rings. The van der Waals surface area contributed by atoms with Crippen molar-refractivity contribution in [3.05, 3.63) is 76.8 Å². The van der Waals surface area contributed by atoms with Crippen LogP contribution < -0.4 is 9.75 Å². The third-order valence-corrected chi connectivity index (χ3v) is 4.24. The van der Waals surface area contributed by atoms with Gasteiger partial charge < -0.3 is 4.74 Å². The fourth-order valence-electron chi connectivity index (χ4n) is 2.48. The number of para-hydroxylation sites is 1. The number of hydrazone groups is 1. The first-order chi connectivity index (χ1) is 12.1. The molecule has 126 valence electrons. The van der Waals surface area contributed by atoms with Gasteiger partial charge in [-0.2, -0.15) is 10.1 Å². The zero-order valence-electron chi connectivity index (χ0n) is 13.8. The van der Waals surface area contributed by atoms with Crippen molar-refractivity contribution in [1.29, 1.82) is 0 Å². The number of halogens is 1. The highest BCUT2D eigenvalue weighted by Crippen LogP contribution is 2.28. The van der Waals surface area contributed by atoms with E-state index < -0.39 is 0 Å². The second-order valence-electron chi connectivity index (χ2n) is 5.47. The van der Waals surface area contributed by atoms with Crippen LogP contribution in [-0.2, 0) is 4.79 Å². The van der Waals surface area contributed by atoms with Crippen LogP contribution in [0.2, 0.25) is 0 Å². The maximum absolute atomic E-state index is 12.8. The highest BCUT2D eigenvalue weighted by molar-refractivity contribution is 9.10. The summed E-state index contributed by atoms with van der Waals surface area (Å²) in [5.74, 6) is 0.552. The monoisotopic (exact) mass is 396 g/mol. The lowest BCUT2D eigenvalue weighted by Gasteiger charge is -2.12. The Bertz CT molecular complexity index is 870. The van der Waals surface area contributed by atoms with Crippen LogP contribution in [-0.4, -0.2) is 18.2 Å². The maximum Gasteiger partial charge on any atom is 0.280 e. The summed E-state index contributed by atoms with van der Waals surface area (Å²) < 4.78 is 6.61. The van der Waals surface area contributed by atoms with Gasteiger partial charge in [0.1, 0.15) is 12.4 Å². The van der Waals surface area contributed by atoms with Gasteiger partial charge >= 0.3 is 0 Å². The van der Waals surface area contributed by atoms with Gasteiger partial charge in [0.25, 0.3) is 5.91 Å². The lowest BCUT2D eigenvalue weighted by molar-refractivity contribution is -0.114. The summed E-state index contributed by atoms with van der Waals surface area (Å²) >= 11 is 3.39. The Morgan fingerprint density at radius 2 is 1.92 bits per heavy atom. The second-order valence-corrected chi connectivity index (χ2v) is 6.39. The molecule has 0 bridgehead atoms. The van der Waals surface area contributed by atoms with Crippen molar-refractivity contribution in [3.63, 3.8) is 0 Å². The van der Waals surface area contributed by atoms with Crippen LogP contribution >= 0.6 is 15.9 Å². The largest absolute Gasteiger partial charge is 0.489 e. The van der Waals surface area contributed by atoms with E-state index in [1.807, 2.05) is 61.5 Å². The van der Waals surface area contributed by atoms with Crippen LogP contribution in [0.5, 0.6) is 5.75 Å². The molecule has 0 atom stereocenters. The summed E-state index contributed by atoms with van der Waals surface area (Å²) in [7, 11) is 0. The third kappa shape index (κ3) is 3.72. The summed E-state index contributed by atoms with van der Waals surface area (Å²) in [6.45, 7) is 5.90. The van der Waals surface area contributed by atoms with E-state index in [1.165, 1.54) is 5.01 Å². The molecular formula is C20H17BrN2O2. The highest BCUT2D eigenvalue weighted by Gasteiger charge is 2.28. The molecule has 4 nitrogen and oxygen atoms in total. The van der Waals surface area contributed by atoms with Crippen molar-refractivity contribution < 1.29 is 9.53 Å². The van der Waals surface area contributed by atoms with E-state index in [1.54, 1.807) is 6.08 Å². The number of carbonyl (C=O) groups is 1.